The van der Waals surface area contributed by atoms with Gasteiger partial charge in [-0.15, -0.1) is 0 Å². The predicted molar refractivity (Wildman–Crippen MR) is 73.3 cm³/mol. The third kappa shape index (κ3) is 3.23. The van der Waals surface area contributed by atoms with E-state index in [2.05, 4.69) is 4.98 Å². The van der Waals surface area contributed by atoms with E-state index in [4.69, 9.17) is 21.5 Å². The first-order valence-corrected chi connectivity index (χ1v) is 5.76. The molecule has 0 radical (unpaired) electrons. The SMILES string of the molecule is N#Cc1cc(COC(=O)c2cc(N)cc(N)c2)ccn1. The van der Waals surface area contributed by atoms with Crippen LogP contribution in [-0.4, -0.2) is 11.0 Å². The Bertz CT molecular complexity index is 672. The van der Waals surface area contributed by atoms with Gasteiger partial charge in [-0.3, -0.25) is 0 Å². The molecule has 0 aliphatic heterocycles. The molecule has 0 aliphatic rings. The molecule has 1 aromatic heterocycles. The Morgan fingerprint density at radius 1 is 1.25 bits per heavy atom. The van der Waals surface area contributed by atoms with E-state index in [0.717, 1.165) is 0 Å². The number of nitrogen functional groups attached to an aromatic ring is 2. The Balaban J connectivity index is 2.06. The van der Waals surface area contributed by atoms with Gasteiger partial charge in [-0.1, -0.05) is 0 Å². The molecule has 2 aromatic rings. The lowest BCUT2D eigenvalue weighted by molar-refractivity contribution is 0.0472. The lowest BCUT2D eigenvalue weighted by Crippen LogP contribution is -2.07. The largest absolute Gasteiger partial charge is 0.457 e. The van der Waals surface area contributed by atoms with Crippen LogP contribution in [0.25, 0.3) is 0 Å². The molecule has 0 aliphatic carbocycles. The number of benzene rings is 1. The molecular formula is C14H12N4O2. The molecule has 20 heavy (non-hydrogen) atoms. The second-order valence-electron chi connectivity index (χ2n) is 4.13. The van der Waals surface area contributed by atoms with Gasteiger partial charge in [-0.2, -0.15) is 5.26 Å². The Labute approximate surface area is 115 Å². The molecule has 0 bridgehead atoms. The van der Waals surface area contributed by atoms with E-state index < -0.39 is 5.97 Å². The number of nitrogens with zero attached hydrogens (tertiary/aromatic N) is 2. The molecule has 4 N–H and O–H groups in total. The smallest absolute Gasteiger partial charge is 0.338 e. The fraction of sp³-hybridized carbons (Fsp3) is 0.0714. The summed E-state index contributed by atoms with van der Waals surface area (Å²) in [6.07, 6.45) is 1.49. The van der Waals surface area contributed by atoms with Crippen molar-refractivity contribution in [2.75, 3.05) is 11.5 Å². The quantitative estimate of drug-likeness (QED) is 0.643. The zero-order valence-electron chi connectivity index (χ0n) is 10.5. The van der Waals surface area contributed by atoms with Gasteiger partial charge in [-0.05, 0) is 35.9 Å². The number of esters is 1. The minimum Gasteiger partial charge on any atom is -0.457 e. The van der Waals surface area contributed by atoms with Crippen LogP contribution in [0.5, 0.6) is 0 Å². The van der Waals surface area contributed by atoms with Crippen LogP contribution in [0, 0.1) is 11.3 Å². The third-order valence-corrected chi connectivity index (χ3v) is 2.52. The second-order valence-corrected chi connectivity index (χ2v) is 4.13. The van der Waals surface area contributed by atoms with Gasteiger partial charge in [0, 0.05) is 17.6 Å². The normalized spacial score (nSPS) is 9.75. The summed E-state index contributed by atoms with van der Waals surface area (Å²) in [5, 5.41) is 8.73. The maximum atomic E-state index is 11.9. The molecule has 0 unspecified atom stereocenters. The van der Waals surface area contributed by atoms with E-state index >= 15 is 0 Å². The van der Waals surface area contributed by atoms with Crippen LogP contribution in [-0.2, 0) is 11.3 Å². The van der Waals surface area contributed by atoms with Crippen molar-refractivity contribution in [3.8, 4) is 6.07 Å². The Morgan fingerprint density at radius 3 is 2.60 bits per heavy atom. The summed E-state index contributed by atoms with van der Waals surface area (Å²) in [5.41, 5.74) is 13.3. The molecule has 0 saturated carbocycles. The summed E-state index contributed by atoms with van der Waals surface area (Å²) in [7, 11) is 0. The van der Waals surface area contributed by atoms with Crippen LogP contribution in [0.4, 0.5) is 11.4 Å². The van der Waals surface area contributed by atoms with Gasteiger partial charge in [0.2, 0.25) is 0 Å². The first-order valence-electron chi connectivity index (χ1n) is 5.76. The van der Waals surface area contributed by atoms with Gasteiger partial charge in [0.1, 0.15) is 18.4 Å². The van der Waals surface area contributed by atoms with E-state index in [-0.39, 0.29) is 17.9 Å². The molecule has 0 atom stereocenters. The zero-order chi connectivity index (χ0) is 14.5. The van der Waals surface area contributed by atoms with Gasteiger partial charge in [0.15, 0.2) is 0 Å². The van der Waals surface area contributed by atoms with E-state index in [1.807, 2.05) is 6.07 Å². The standard InChI is InChI=1S/C14H12N4O2/c15-7-13-3-9(1-2-18-13)8-20-14(19)10-4-11(16)6-12(17)5-10/h1-6H,8,16-17H2. The number of ether oxygens (including phenoxy) is 1. The van der Waals surface area contributed by atoms with E-state index in [1.54, 1.807) is 18.2 Å². The fourth-order valence-corrected chi connectivity index (χ4v) is 1.65. The highest BCUT2D eigenvalue weighted by Gasteiger charge is 2.09. The molecule has 6 heteroatoms. The van der Waals surface area contributed by atoms with E-state index in [1.165, 1.54) is 18.3 Å². The summed E-state index contributed by atoms with van der Waals surface area (Å²) >= 11 is 0. The average Bonchev–Trinajstić information content (AvgIpc) is 2.44. The van der Waals surface area contributed by atoms with Gasteiger partial charge in [0.05, 0.1) is 5.56 Å². The zero-order valence-corrected chi connectivity index (χ0v) is 10.5. The summed E-state index contributed by atoms with van der Waals surface area (Å²) in [5.74, 6) is -0.528. The summed E-state index contributed by atoms with van der Waals surface area (Å²) in [6.45, 7) is 0.0464. The molecule has 100 valence electrons. The minimum atomic E-state index is -0.528. The number of nitrogens with two attached hydrogens (primary N) is 2. The summed E-state index contributed by atoms with van der Waals surface area (Å²) in [4.78, 5) is 15.7. The Kier molecular flexibility index (Phi) is 3.82. The van der Waals surface area contributed by atoms with Gasteiger partial charge in [-0.25, -0.2) is 9.78 Å². The number of nitriles is 1. The maximum absolute atomic E-state index is 11.9. The molecule has 0 amide bonds. The Hall–Kier alpha value is -3.07. The van der Waals surface area contributed by atoms with Crippen molar-refractivity contribution < 1.29 is 9.53 Å². The maximum Gasteiger partial charge on any atom is 0.338 e. The monoisotopic (exact) mass is 268 g/mol. The van der Waals surface area contributed by atoms with Crippen LogP contribution >= 0.6 is 0 Å². The molecule has 1 aromatic carbocycles. The van der Waals surface area contributed by atoms with Gasteiger partial charge >= 0.3 is 5.97 Å². The van der Waals surface area contributed by atoms with Crippen molar-refractivity contribution in [1.82, 2.24) is 4.98 Å². The number of hydrogen-bond donors (Lipinski definition) is 2. The van der Waals surface area contributed by atoms with Crippen LogP contribution in [0.1, 0.15) is 21.6 Å². The van der Waals surface area contributed by atoms with Crippen molar-refractivity contribution >= 4 is 17.3 Å². The highest BCUT2D eigenvalue weighted by Crippen LogP contribution is 2.15. The van der Waals surface area contributed by atoms with Crippen LogP contribution < -0.4 is 11.5 Å². The number of anilines is 2. The highest BCUT2D eigenvalue weighted by atomic mass is 16.5. The molecule has 0 saturated heterocycles. The third-order valence-electron chi connectivity index (χ3n) is 2.52. The molecular weight excluding hydrogens is 256 g/mol. The van der Waals surface area contributed by atoms with Gasteiger partial charge < -0.3 is 16.2 Å². The lowest BCUT2D eigenvalue weighted by atomic mass is 10.2. The minimum absolute atomic E-state index is 0.0464. The highest BCUT2D eigenvalue weighted by molar-refractivity contribution is 5.91. The van der Waals surface area contributed by atoms with Crippen LogP contribution in [0.2, 0.25) is 0 Å². The summed E-state index contributed by atoms with van der Waals surface area (Å²) in [6, 6.07) is 9.68. The molecule has 6 nitrogen and oxygen atoms in total. The fourth-order valence-electron chi connectivity index (χ4n) is 1.65. The first kappa shape index (κ1) is 13.4. The average molecular weight is 268 g/mol. The van der Waals surface area contributed by atoms with Crippen LogP contribution in [0.15, 0.2) is 36.5 Å². The number of carbonyl (C=O) groups is 1. The van der Waals surface area contributed by atoms with E-state index in [9.17, 15) is 4.79 Å². The second kappa shape index (κ2) is 5.71. The predicted octanol–water partition coefficient (Wildman–Crippen LogP) is 1.47. The van der Waals surface area contributed by atoms with Crippen molar-refractivity contribution in [1.29, 1.82) is 5.26 Å². The lowest BCUT2D eigenvalue weighted by Gasteiger charge is -2.06. The number of hydrogen-bond acceptors (Lipinski definition) is 6. The van der Waals surface area contributed by atoms with Crippen molar-refractivity contribution in [3.63, 3.8) is 0 Å². The number of pyridine rings is 1. The number of rotatable bonds is 3. The summed E-state index contributed by atoms with van der Waals surface area (Å²) < 4.78 is 5.14. The number of aromatic nitrogens is 1. The Morgan fingerprint density at radius 2 is 1.95 bits per heavy atom. The first-order chi connectivity index (χ1) is 9.58. The number of carbonyl (C=O) groups excluding carboxylic acids is 1. The van der Waals surface area contributed by atoms with Crippen molar-refractivity contribution in [2.24, 2.45) is 0 Å². The topological polar surface area (TPSA) is 115 Å². The molecule has 1 heterocycles. The van der Waals surface area contributed by atoms with Gasteiger partial charge in [0.25, 0.3) is 0 Å². The molecule has 2 rings (SSSR count). The van der Waals surface area contributed by atoms with E-state index in [0.29, 0.717) is 16.9 Å². The van der Waals surface area contributed by atoms with Crippen molar-refractivity contribution in [2.45, 2.75) is 6.61 Å². The van der Waals surface area contributed by atoms with Crippen LogP contribution in [0.3, 0.4) is 0 Å². The van der Waals surface area contributed by atoms with Crippen molar-refractivity contribution in [3.05, 3.63) is 53.3 Å². The molecule has 0 fully saturated rings. The molecule has 0 spiro atoms.